The molecule has 0 fully saturated rings. The molecule has 1 aromatic heterocycles. The summed E-state index contributed by atoms with van der Waals surface area (Å²) in [5.41, 5.74) is 1.68. The number of methoxy groups -OCH3 is 1. The number of carbonyl (C=O) groups excluding carboxylic acids is 1. The van der Waals surface area contributed by atoms with Crippen molar-refractivity contribution in [3.05, 3.63) is 63.9 Å². The molecule has 1 aromatic carbocycles. The summed E-state index contributed by atoms with van der Waals surface area (Å²) in [7, 11) is 1.41. The predicted octanol–water partition coefficient (Wildman–Crippen LogP) is 3.55. The van der Waals surface area contributed by atoms with Gasteiger partial charge in [0.2, 0.25) is 0 Å². The summed E-state index contributed by atoms with van der Waals surface area (Å²) in [5, 5.41) is 2.01. The molecule has 0 amide bonds. The summed E-state index contributed by atoms with van der Waals surface area (Å²) in [6.45, 7) is 0. The molecule has 0 aliphatic rings. The third-order valence-corrected chi connectivity index (χ3v) is 3.41. The van der Waals surface area contributed by atoms with Gasteiger partial charge in [0.15, 0.2) is 0 Å². The zero-order chi connectivity index (χ0) is 12.8. The second-order valence-electron chi connectivity index (χ2n) is 3.83. The molecular formula is C15H14O2S. The summed E-state index contributed by atoms with van der Waals surface area (Å²) in [6, 6.07) is 13.8. The van der Waals surface area contributed by atoms with Crippen LogP contribution in [0.3, 0.4) is 0 Å². The molecule has 0 N–H and O–H groups in total. The highest BCUT2D eigenvalue weighted by Crippen LogP contribution is 2.17. The fourth-order valence-electron chi connectivity index (χ4n) is 1.66. The SMILES string of the molecule is COC(=O)/C(=C/c1ccccc1)Cc1cccs1. The van der Waals surface area contributed by atoms with Crippen molar-refractivity contribution < 1.29 is 9.53 Å². The van der Waals surface area contributed by atoms with Gasteiger partial charge in [-0.15, -0.1) is 11.3 Å². The molecule has 92 valence electrons. The van der Waals surface area contributed by atoms with Crippen molar-refractivity contribution in [1.82, 2.24) is 0 Å². The highest BCUT2D eigenvalue weighted by Gasteiger charge is 2.11. The molecular weight excluding hydrogens is 244 g/mol. The maximum absolute atomic E-state index is 11.8. The van der Waals surface area contributed by atoms with Gasteiger partial charge < -0.3 is 4.74 Å². The summed E-state index contributed by atoms with van der Waals surface area (Å²) in [4.78, 5) is 12.9. The Bertz CT molecular complexity index is 527. The predicted molar refractivity (Wildman–Crippen MR) is 74.5 cm³/mol. The van der Waals surface area contributed by atoms with Gasteiger partial charge in [-0.1, -0.05) is 36.4 Å². The summed E-state index contributed by atoms with van der Waals surface area (Å²) < 4.78 is 4.83. The highest BCUT2D eigenvalue weighted by atomic mass is 32.1. The number of benzene rings is 1. The lowest BCUT2D eigenvalue weighted by molar-refractivity contribution is -0.136. The van der Waals surface area contributed by atoms with E-state index in [1.807, 2.05) is 53.9 Å². The molecule has 2 nitrogen and oxygen atoms in total. The third kappa shape index (κ3) is 3.31. The summed E-state index contributed by atoms with van der Waals surface area (Å²) >= 11 is 1.64. The Morgan fingerprint density at radius 3 is 2.61 bits per heavy atom. The number of hydrogen-bond donors (Lipinski definition) is 0. The van der Waals surface area contributed by atoms with Gasteiger partial charge in [0.1, 0.15) is 0 Å². The lowest BCUT2D eigenvalue weighted by Gasteiger charge is -2.04. The van der Waals surface area contributed by atoms with E-state index in [9.17, 15) is 4.79 Å². The first kappa shape index (κ1) is 12.6. The summed E-state index contributed by atoms with van der Waals surface area (Å²) in [6.07, 6.45) is 2.49. The highest BCUT2D eigenvalue weighted by molar-refractivity contribution is 7.09. The minimum Gasteiger partial charge on any atom is -0.466 e. The molecule has 0 radical (unpaired) electrons. The molecule has 0 unspecified atom stereocenters. The number of rotatable bonds is 4. The number of thiophene rings is 1. The topological polar surface area (TPSA) is 26.3 Å². The van der Waals surface area contributed by atoms with E-state index in [1.54, 1.807) is 11.3 Å². The van der Waals surface area contributed by atoms with Crippen molar-refractivity contribution in [2.24, 2.45) is 0 Å². The van der Waals surface area contributed by atoms with Crippen LogP contribution in [-0.2, 0) is 16.0 Å². The Hall–Kier alpha value is -1.87. The van der Waals surface area contributed by atoms with E-state index in [2.05, 4.69) is 0 Å². The van der Waals surface area contributed by atoms with Gasteiger partial charge >= 0.3 is 5.97 Å². The van der Waals surface area contributed by atoms with Gasteiger partial charge in [0.05, 0.1) is 7.11 Å². The van der Waals surface area contributed by atoms with Crippen molar-refractivity contribution in [2.45, 2.75) is 6.42 Å². The normalized spacial score (nSPS) is 11.3. The van der Waals surface area contributed by atoms with Crippen LogP contribution in [-0.4, -0.2) is 13.1 Å². The van der Waals surface area contributed by atoms with Crippen molar-refractivity contribution in [2.75, 3.05) is 7.11 Å². The van der Waals surface area contributed by atoms with E-state index in [4.69, 9.17) is 4.74 Å². The van der Waals surface area contributed by atoms with Crippen molar-refractivity contribution in [3.8, 4) is 0 Å². The van der Waals surface area contributed by atoms with E-state index in [-0.39, 0.29) is 5.97 Å². The lowest BCUT2D eigenvalue weighted by Crippen LogP contribution is -2.06. The molecule has 3 heteroatoms. The maximum Gasteiger partial charge on any atom is 0.334 e. The van der Waals surface area contributed by atoms with Crippen molar-refractivity contribution >= 4 is 23.4 Å². The van der Waals surface area contributed by atoms with E-state index in [0.717, 1.165) is 10.4 Å². The molecule has 0 aliphatic heterocycles. The average Bonchev–Trinajstić information content (AvgIpc) is 2.91. The maximum atomic E-state index is 11.8. The molecule has 0 atom stereocenters. The van der Waals surface area contributed by atoms with Gasteiger partial charge in [-0.3, -0.25) is 0 Å². The first-order valence-corrected chi connectivity index (χ1v) is 6.54. The Morgan fingerprint density at radius 2 is 2.00 bits per heavy atom. The second kappa shape index (κ2) is 6.17. The number of ether oxygens (including phenoxy) is 1. The number of esters is 1. The Morgan fingerprint density at radius 1 is 1.22 bits per heavy atom. The summed E-state index contributed by atoms with van der Waals surface area (Å²) in [5.74, 6) is -0.271. The minimum absolute atomic E-state index is 0.271. The van der Waals surface area contributed by atoms with Gasteiger partial charge in [-0.2, -0.15) is 0 Å². The average molecular weight is 258 g/mol. The van der Waals surface area contributed by atoms with Crippen LogP contribution >= 0.6 is 11.3 Å². The Kier molecular flexibility index (Phi) is 4.31. The molecule has 0 saturated carbocycles. The van der Waals surface area contributed by atoms with Crippen LogP contribution in [0.2, 0.25) is 0 Å². The first-order valence-electron chi connectivity index (χ1n) is 5.66. The fourth-order valence-corrected chi connectivity index (χ4v) is 2.39. The van der Waals surface area contributed by atoms with Crippen LogP contribution in [0.15, 0.2) is 53.4 Å². The van der Waals surface area contributed by atoms with Crippen LogP contribution in [0.4, 0.5) is 0 Å². The number of carbonyl (C=O) groups is 1. The van der Waals surface area contributed by atoms with Crippen LogP contribution in [0, 0.1) is 0 Å². The Balaban J connectivity index is 2.25. The largest absolute Gasteiger partial charge is 0.466 e. The second-order valence-corrected chi connectivity index (χ2v) is 4.86. The van der Waals surface area contributed by atoms with Crippen molar-refractivity contribution in [1.29, 1.82) is 0 Å². The van der Waals surface area contributed by atoms with Crippen LogP contribution in [0.5, 0.6) is 0 Å². The molecule has 0 saturated heterocycles. The molecule has 18 heavy (non-hydrogen) atoms. The molecule has 2 rings (SSSR count). The van der Waals surface area contributed by atoms with Gasteiger partial charge in [0, 0.05) is 16.9 Å². The molecule has 0 bridgehead atoms. The van der Waals surface area contributed by atoms with E-state index < -0.39 is 0 Å². The van der Waals surface area contributed by atoms with E-state index in [1.165, 1.54) is 7.11 Å². The van der Waals surface area contributed by atoms with E-state index in [0.29, 0.717) is 12.0 Å². The smallest absolute Gasteiger partial charge is 0.334 e. The zero-order valence-electron chi connectivity index (χ0n) is 10.1. The van der Waals surface area contributed by atoms with Crippen molar-refractivity contribution in [3.63, 3.8) is 0 Å². The van der Waals surface area contributed by atoms with Crippen LogP contribution < -0.4 is 0 Å². The molecule has 1 heterocycles. The number of hydrogen-bond acceptors (Lipinski definition) is 3. The zero-order valence-corrected chi connectivity index (χ0v) is 10.9. The minimum atomic E-state index is -0.271. The monoisotopic (exact) mass is 258 g/mol. The third-order valence-electron chi connectivity index (χ3n) is 2.53. The van der Waals surface area contributed by atoms with E-state index >= 15 is 0 Å². The lowest BCUT2D eigenvalue weighted by atomic mass is 10.1. The van der Waals surface area contributed by atoms with Crippen LogP contribution in [0.25, 0.3) is 6.08 Å². The standard InChI is InChI=1S/C15H14O2S/c1-17-15(16)13(11-14-8-5-9-18-14)10-12-6-3-2-4-7-12/h2-10H,11H2,1H3/b13-10+. The van der Waals surface area contributed by atoms with Crippen LogP contribution in [0.1, 0.15) is 10.4 Å². The van der Waals surface area contributed by atoms with Gasteiger partial charge in [0.25, 0.3) is 0 Å². The molecule has 2 aromatic rings. The quantitative estimate of drug-likeness (QED) is 0.619. The molecule has 0 spiro atoms. The Labute approximate surface area is 111 Å². The first-order chi connectivity index (χ1) is 8.79. The van der Waals surface area contributed by atoms with Gasteiger partial charge in [-0.05, 0) is 23.1 Å². The van der Waals surface area contributed by atoms with Gasteiger partial charge in [-0.25, -0.2) is 4.79 Å². The fraction of sp³-hybridized carbons (Fsp3) is 0.133. The molecule has 0 aliphatic carbocycles.